The maximum atomic E-state index is 12.7. The van der Waals surface area contributed by atoms with Crippen LogP contribution in [0.3, 0.4) is 0 Å². The van der Waals surface area contributed by atoms with Gasteiger partial charge in [-0.3, -0.25) is 14.5 Å². The number of hydrogen-bond acceptors (Lipinski definition) is 3. The van der Waals surface area contributed by atoms with E-state index in [4.69, 9.17) is 10.2 Å². The van der Waals surface area contributed by atoms with Gasteiger partial charge in [0.2, 0.25) is 5.91 Å². The summed E-state index contributed by atoms with van der Waals surface area (Å²) in [6, 6.07) is 8.41. The number of rotatable bonds is 2. The molecule has 1 aromatic carbocycles. The summed E-state index contributed by atoms with van der Waals surface area (Å²) in [6.07, 6.45) is 1.91. The SMILES string of the molecule is Cc1occc1C(=O)N1c2ccccc2C[C@H]1C(N)=O. The van der Waals surface area contributed by atoms with Crippen molar-refractivity contribution in [2.45, 2.75) is 19.4 Å². The van der Waals surface area contributed by atoms with Gasteiger partial charge >= 0.3 is 0 Å². The molecule has 0 saturated heterocycles. The number of primary amides is 1. The maximum absolute atomic E-state index is 12.7. The first-order valence-electron chi connectivity index (χ1n) is 6.34. The van der Waals surface area contributed by atoms with Crippen molar-refractivity contribution < 1.29 is 14.0 Å². The Morgan fingerprint density at radius 2 is 2.05 bits per heavy atom. The molecule has 0 aliphatic carbocycles. The Hall–Kier alpha value is -2.56. The molecule has 2 amide bonds. The molecule has 1 aliphatic heterocycles. The first-order valence-corrected chi connectivity index (χ1v) is 6.34. The lowest BCUT2D eigenvalue weighted by molar-refractivity contribution is -0.119. The second-order valence-electron chi connectivity index (χ2n) is 4.82. The molecule has 1 aromatic heterocycles. The van der Waals surface area contributed by atoms with Crippen molar-refractivity contribution in [3.05, 3.63) is 53.5 Å². The van der Waals surface area contributed by atoms with Gasteiger partial charge in [0.05, 0.1) is 11.8 Å². The number of amides is 2. The Bertz CT molecular complexity index is 690. The second kappa shape index (κ2) is 4.52. The fraction of sp³-hybridized carbons (Fsp3) is 0.200. The van der Waals surface area contributed by atoms with Crippen molar-refractivity contribution in [1.82, 2.24) is 0 Å². The van der Waals surface area contributed by atoms with Gasteiger partial charge in [-0.15, -0.1) is 0 Å². The van der Waals surface area contributed by atoms with Crippen molar-refractivity contribution in [2.24, 2.45) is 5.73 Å². The highest BCUT2D eigenvalue weighted by molar-refractivity contribution is 6.11. The molecule has 2 aromatic rings. The van der Waals surface area contributed by atoms with Crippen LogP contribution < -0.4 is 10.6 Å². The molecular formula is C15H14N2O3. The van der Waals surface area contributed by atoms with Gasteiger partial charge in [-0.2, -0.15) is 0 Å². The summed E-state index contributed by atoms with van der Waals surface area (Å²) in [6.45, 7) is 1.72. The molecule has 0 radical (unpaired) electrons. The first-order chi connectivity index (χ1) is 9.59. The van der Waals surface area contributed by atoms with E-state index in [9.17, 15) is 9.59 Å². The largest absolute Gasteiger partial charge is 0.469 e. The minimum absolute atomic E-state index is 0.259. The quantitative estimate of drug-likeness (QED) is 0.901. The third kappa shape index (κ3) is 1.79. The number of nitrogens with zero attached hydrogens (tertiary/aromatic N) is 1. The van der Waals surface area contributed by atoms with Crippen molar-refractivity contribution in [1.29, 1.82) is 0 Å². The van der Waals surface area contributed by atoms with Crippen molar-refractivity contribution in [2.75, 3.05) is 4.90 Å². The average Bonchev–Trinajstić information content (AvgIpc) is 3.01. The van der Waals surface area contributed by atoms with Crippen LogP contribution in [0.15, 0.2) is 41.0 Å². The standard InChI is InChI=1S/C15H14N2O3/c1-9-11(6-7-20-9)15(19)17-12-5-3-2-4-10(12)8-13(17)14(16)18/h2-7,13H,8H2,1H3,(H2,16,18)/t13-/m0/s1. The minimum atomic E-state index is -0.644. The zero-order chi connectivity index (χ0) is 14.3. The van der Waals surface area contributed by atoms with Crippen molar-refractivity contribution in [3.63, 3.8) is 0 Å². The number of anilines is 1. The van der Waals surface area contributed by atoms with Gasteiger partial charge in [-0.1, -0.05) is 18.2 Å². The monoisotopic (exact) mass is 270 g/mol. The molecule has 0 bridgehead atoms. The van der Waals surface area contributed by atoms with E-state index in [1.165, 1.54) is 11.2 Å². The van der Waals surface area contributed by atoms with E-state index in [1.54, 1.807) is 13.0 Å². The second-order valence-corrected chi connectivity index (χ2v) is 4.82. The van der Waals surface area contributed by atoms with Gasteiger partial charge < -0.3 is 10.2 Å². The van der Waals surface area contributed by atoms with E-state index in [1.807, 2.05) is 24.3 Å². The van der Waals surface area contributed by atoms with Crippen LogP contribution in [-0.2, 0) is 11.2 Å². The number of nitrogens with two attached hydrogens (primary N) is 1. The van der Waals surface area contributed by atoms with Crippen LogP contribution in [0.1, 0.15) is 21.7 Å². The Kier molecular flexibility index (Phi) is 2.82. The molecule has 1 atom stereocenters. The van der Waals surface area contributed by atoms with Gasteiger partial charge in [0.25, 0.3) is 5.91 Å². The number of carbonyl (C=O) groups excluding carboxylic acids is 2. The number of hydrogen-bond donors (Lipinski definition) is 1. The summed E-state index contributed by atoms with van der Waals surface area (Å²) in [7, 11) is 0. The van der Waals surface area contributed by atoms with Crippen molar-refractivity contribution in [3.8, 4) is 0 Å². The zero-order valence-corrected chi connectivity index (χ0v) is 11.0. The van der Waals surface area contributed by atoms with E-state index in [2.05, 4.69) is 0 Å². The van der Waals surface area contributed by atoms with Gasteiger partial charge in [0.15, 0.2) is 0 Å². The van der Waals surface area contributed by atoms with E-state index < -0.39 is 11.9 Å². The lowest BCUT2D eigenvalue weighted by Gasteiger charge is -2.23. The van der Waals surface area contributed by atoms with E-state index in [0.717, 1.165) is 11.3 Å². The van der Waals surface area contributed by atoms with Crippen LogP contribution in [0.2, 0.25) is 0 Å². The molecule has 2 heterocycles. The highest BCUT2D eigenvalue weighted by Crippen LogP contribution is 2.33. The fourth-order valence-corrected chi connectivity index (χ4v) is 2.60. The van der Waals surface area contributed by atoms with Crippen LogP contribution >= 0.6 is 0 Å². The van der Waals surface area contributed by atoms with Crippen molar-refractivity contribution >= 4 is 17.5 Å². The average molecular weight is 270 g/mol. The maximum Gasteiger partial charge on any atom is 0.262 e. The molecule has 5 nitrogen and oxygen atoms in total. The summed E-state index contributed by atoms with van der Waals surface area (Å²) in [5.74, 6) is -0.233. The van der Waals surface area contributed by atoms with Gasteiger partial charge in [-0.05, 0) is 24.6 Å². The third-order valence-corrected chi connectivity index (χ3v) is 3.61. The summed E-state index contributed by atoms with van der Waals surface area (Å²) >= 11 is 0. The highest BCUT2D eigenvalue weighted by Gasteiger charge is 2.38. The Morgan fingerprint density at radius 1 is 1.30 bits per heavy atom. The molecule has 0 saturated carbocycles. The summed E-state index contributed by atoms with van der Waals surface area (Å²) in [5, 5.41) is 0. The molecule has 2 N–H and O–H groups in total. The Labute approximate surface area is 116 Å². The molecule has 1 aliphatic rings. The van der Waals surface area contributed by atoms with Gasteiger partial charge in [-0.25, -0.2) is 0 Å². The fourth-order valence-electron chi connectivity index (χ4n) is 2.60. The van der Waals surface area contributed by atoms with E-state index >= 15 is 0 Å². The van der Waals surface area contributed by atoms with Crippen LogP contribution in [0.4, 0.5) is 5.69 Å². The minimum Gasteiger partial charge on any atom is -0.469 e. The van der Waals surface area contributed by atoms with Gasteiger partial charge in [0, 0.05) is 12.1 Å². The van der Waals surface area contributed by atoms with E-state index in [0.29, 0.717) is 17.7 Å². The van der Waals surface area contributed by atoms with Crippen LogP contribution in [0.5, 0.6) is 0 Å². The Morgan fingerprint density at radius 3 is 2.70 bits per heavy atom. The lowest BCUT2D eigenvalue weighted by Crippen LogP contribution is -2.46. The third-order valence-electron chi connectivity index (χ3n) is 3.61. The number of carbonyl (C=O) groups is 2. The molecule has 20 heavy (non-hydrogen) atoms. The molecule has 102 valence electrons. The smallest absolute Gasteiger partial charge is 0.262 e. The number of benzene rings is 1. The van der Waals surface area contributed by atoms with E-state index in [-0.39, 0.29) is 5.91 Å². The molecule has 0 fully saturated rings. The normalized spacial score (nSPS) is 17.1. The predicted octanol–water partition coefficient (Wildman–Crippen LogP) is 1.64. The lowest BCUT2D eigenvalue weighted by atomic mass is 10.1. The van der Waals surface area contributed by atoms with Gasteiger partial charge in [0.1, 0.15) is 11.8 Å². The molecule has 0 spiro atoms. The summed E-state index contributed by atoms with van der Waals surface area (Å²) in [5.41, 5.74) is 7.58. The molecule has 0 unspecified atom stereocenters. The van der Waals surface area contributed by atoms with Crippen LogP contribution in [0.25, 0.3) is 0 Å². The molecule has 5 heteroatoms. The number of para-hydroxylation sites is 1. The summed E-state index contributed by atoms with van der Waals surface area (Å²) < 4.78 is 5.17. The van der Waals surface area contributed by atoms with Crippen LogP contribution in [-0.4, -0.2) is 17.9 Å². The molecular weight excluding hydrogens is 256 g/mol. The molecule has 3 rings (SSSR count). The number of fused-ring (bicyclic) bond motifs is 1. The zero-order valence-electron chi connectivity index (χ0n) is 11.0. The Balaban J connectivity index is 2.07. The number of aryl methyl sites for hydroxylation is 1. The first kappa shape index (κ1) is 12.5. The summed E-state index contributed by atoms with van der Waals surface area (Å²) in [4.78, 5) is 25.8. The number of furan rings is 1. The highest BCUT2D eigenvalue weighted by atomic mass is 16.3. The predicted molar refractivity (Wildman–Crippen MR) is 73.4 cm³/mol. The van der Waals surface area contributed by atoms with Crippen LogP contribution in [0, 0.1) is 6.92 Å². The topological polar surface area (TPSA) is 76.5 Å².